The van der Waals surface area contributed by atoms with Crippen molar-refractivity contribution in [3.63, 3.8) is 0 Å². The van der Waals surface area contributed by atoms with Crippen LogP contribution in [0, 0.1) is 0 Å². The minimum Gasteiger partial charge on any atom is -0.494 e. The largest absolute Gasteiger partial charge is 0.494 e. The van der Waals surface area contributed by atoms with Crippen LogP contribution >= 0.6 is 11.6 Å². The SMILES string of the molecule is CCOC(=O)N1CCc2c([nH]c3c2=CC(Cl)CC=3)C1c1cccc(OCCCN2CCN(C)CC2)c1. The Kier molecular flexibility index (Phi) is 7.89. The molecule has 1 N–H and O–H groups in total. The van der Waals surface area contributed by atoms with E-state index in [9.17, 15) is 4.79 Å². The third kappa shape index (κ3) is 5.43. The van der Waals surface area contributed by atoms with Gasteiger partial charge in [0.2, 0.25) is 0 Å². The number of ether oxygens (including phenoxy) is 2. The number of likely N-dealkylation sites (N-methyl/N-ethyl adjacent to an activating group) is 1. The zero-order valence-electron chi connectivity index (χ0n) is 21.3. The summed E-state index contributed by atoms with van der Waals surface area (Å²) in [4.78, 5) is 23.3. The van der Waals surface area contributed by atoms with Gasteiger partial charge in [-0.15, -0.1) is 11.6 Å². The first-order valence-electron chi connectivity index (χ1n) is 13.2. The van der Waals surface area contributed by atoms with Crippen LogP contribution in [0.4, 0.5) is 4.79 Å². The van der Waals surface area contributed by atoms with Gasteiger partial charge in [-0.2, -0.15) is 0 Å². The average molecular weight is 513 g/mol. The molecule has 7 nitrogen and oxygen atoms in total. The highest BCUT2D eigenvalue weighted by atomic mass is 35.5. The molecule has 8 heteroatoms. The number of halogens is 1. The molecule has 2 aromatic rings. The van der Waals surface area contributed by atoms with Crippen LogP contribution in [-0.2, 0) is 11.2 Å². The van der Waals surface area contributed by atoms with Gasteiger partial charge in [-0.05, 0) is 56.5 Å². The lowest BCUT2D eigenvalue weighted by Crippen LogP contribution is -2.44. The lowest BCUT2D eigenvalue weighted by atomic mass is 9.92. The summed E-state index contributed by atoms with van der Waals surface area (Å²) in [5.74, 6) is 0.831. The maximum atomic E-state index is 13.0. The van der Waals surface area contributed by atoms with E-state index in [1.54, 1.807) is 0 Å². The zero-order valence-corrected chi connectivity index (χ0v) is 22.1. The summed E-state index contributed by atoms with van der Waals surface area (Å²) in [5, 5.41) is 2.28. The Morgan fingerprint density at radius 3 is 2.83 bits per heavy atom. The molecule has 1 amide bonds. The Morgan fingerprint density at radius 1 is 1.19 bits per heavy atom. The summed E-state index contributed by atoms with van der Waals surface area (Å²) in [6, 6.07) is 7.89. The summed E-state index contributed by atoms with van der Waals surface area (Å²) < 4.78 is 11.6. The number of carbonyl (C=O) groups excluding carboxylic acids is 1. The summed E-state index contributed by atoms with van der Waals surface area (Å²) in [6.45, 7) is 9.03. The van der Waals surface area contributed by atoms with E-state index in [0.717, 1.165) is 74.3 Å². The van der Waals surface area contributed by atoms with Crippen molar-refractivity contribution in [3.8, 4) is 5.75 Å². The van der Waals surface area contributed by atoms with E-state index in [1.807, 2.05) is 24.0 Å². The molecule has 0 spiro atoms. The van der Waals surface area contributed by atoms with Crippen LogP contribution in [0.5, 0.6) is 5.75 Å². The number of aromatic nitrogens is 1. The van der Waals surface area contributed by atoms with E-state index in [4.69, 9.17) is 21.1 Å². The number of alkyl halides is 1. The van der Waals surface area contributed by atoms with Gasteiger partial charge in [0.15, 0.2) is 0 Å². The van der Waals surface area contributed by atoms with Gasteiger partial charge in [0.25, 0.3) is 0 Å². The molecule has 0 bridgehead atoms. The summed E-state index contributed by atoms with van der Waals surface area (Å²) >= 11 is 6.45. The Hall–Kier alpha value is -2.48. The smallest absolute Gasteiger partial charge is 0.410 e. The number of H-pyrrole nitrogens is 1. The maximum absolute atomic E-state index is 13.0. The maximum Gasteiger partial charge on any atom is 0.410 e. The molecule has 1 aromatic carbocycles. The Bertz CT molecular complexity index is 1190. The van der Waals surface area contributed by atoms with Gasteiger partial charge < -0.3 is 24.3 Å². The summed E-state index contributed by atoms with van der Waals surface area (Å²) in [6.07, 6.45) is 6.58. The second-order valence-corrected chi connectivity index (χ2v) is 10.5. The van der Waals surface area contributed by atoms with Crippen LogP contribution in [0.25, 0.3) is 12.2 Å². The standard InChI is InChI=1S/C28H37ClN4O3/c1-3-35-28(34)33-12-10-23-24-19-21(29)8-9-25(24)30-26(23)27(33)20-6-4-7-22(18-20)36-17-5-11-32-15-13-31(2)14-16-32/h4,6-7,9,18-19,21,27,30H,3,5,8,10-17H2,1-2H3. The first-order chi connectivity index (χ1) is 17.5. The molecule has 1 saturated heterocycles. The molecule has 0 saturated carbocycles. The highest BCUT2D eigenvalue weighted by Crippen LogP contribution is 2.34. The third-order valence-corrected chi connectivity index (χ3v) is 7.76. The first-order valence-corrected chi connectivity index (χ1v) is 13.6. The fourth-order valence-electron chi connectivity index (χ4n) is 5.52. The number of hydrogen-bond acceptors (Lipinski definition) is 5. The molecule has 36 heavy (non-hydrogen) atoms. The number of amides is 1. The summed E-state index contributed by atoms with van der Waals surface area (Å²) in [7, 11) is 2.18. The number of fused-ring (bicyclic) bond motifs is 3. The predicted octanol–water partition coefficient (Wildman–Crippen LogP) is 2.71. The van der Waals surface area contributed by atoms with Crippen molar-refractivity contribution >= 4 is 29.8 Å². The summed E-state index contributed by atoms with van der Waals surface area (Å²) in [5.41, 5.74) is 3.31. The minimum atomic E-state index is -0.289. The van der Waals surface area contributed by atoms with Crippen molar-refractivity contribution < 1.29 is 14.3 Å². The number of nitrogens with zero attached hydrogens (tertiary/aromatic N) is 3. The molecule has 3 aliphatic rings. The second kappa shape index (κ2) is 11.3. The number of piperazine rings is 1. The zero-order chi connectivity index (χ0) is 25.1. The van der Waals surface area contributed by atoms with Crippen LogP contribution < -0.4 is 15.3 Å². The molecule has 0 radical (unpaired) electrons. The van der Waals surface area contributed by atoms with Crippen LogP contribution in [0.2, 0.25) is 0 Å². The van der Waals surface area contributed by atoms with Gasteiger partial charge in [0, 0.05) is 55.5 Å². The molecule has 2 atom stereocenters. The topological polar surface area (TPSA) is 61.0 Å². The van der Waals surface area contributed by atoms with Gasteiger partial charge in [-0.3, -0.25) is 4.90 Å². The van der Waals surface area contributed by atoms with E-state index >= 15 is 0 Å². The van der Waals surface area contributed by atoms with Crippen molar-refractivity contribution in [2.45, 2.75) is 37.6 Å². The van der Waals surface area contributed by atoms with Gasteiger partial charge in [0.05, 0.1) is 18.6 Å². The van der Waals surface area contributed by atoms with Crippen molar-refractivity contribution in [2.75, 3.05) is 59.5 Å². The molecular weight excluding hydrogens is 476 g/mol. The molecule has 5 rings (SSSR count). The highest BCUT2D eigenvalue weighted by molar-refractivity contribution is 6.24. The van der Waals surface area contributed by atoms with Gasteiger partial charge in [0.1, 0.15) is 11.8 Å². The second-order valence-electron chi connectivity index (χ2n) is 9.93. The first kappa shape index (κ1) is 25.2. The minimum absolute atomic E-state index is 0.00140. The van der Waals surface area contributed by atoms with E-state index in [2.05, 4.69) is 46.1 Å². The Labute approximate surface area is 218 Å². The number of hydrogen-bond donors (Lipinski definition) is 1. The van der Waals surface area contributed by atoms with Crippen molar-refractivity contribution in [1.82, 2.24) is 19.7 Å². The third-order valence-electron chi connectivity index (χ3n) is 7.45. The monoisotopic (exact) mass is 512 g/mol. The molecule has 2 unspecified atom stereocenters. The fraction of sp³-hybridized carbons (Fsp3) is 0.536. The van der Waals surface area contributed by atoms with E-state index in [1.165, 1.54) is 10.8 Å². The number of nitrogens with one attached hydrogen (secondary N) is 1. The van der Waals surface area contributed by atoms with Crippen molar-refractivity contribution in [1.29, 1.82) is 0 Å². The Balaban J connectivity index is 1.35. The number of aromatic amines is 1. The quantitative estimate of drug-likeness (QED) is 0.456. The van der Waals surface area contributed by atoms with E-state index < -0.39 is 0 Å². The van der Waals surface area contributed by atoms with Crippen LogP contribution in [0.15, 0.2) is 24.3 Å². The fourth-order valence-corrected chi connectivity index (χ4v) is 5.73. The van der Waals surface area contributed by atoms with Gasteiger partial charge >= 0.3 is 6.09 Å². The highest BCUT2D eigenvalue weighted by Gasteiger charge is 2.35. The van der Waals surface area contributed by atoms with Crippen LogP contribution in [0.1, 0.15) is 42.6 Å². The Morgan fingerprint density at radius 2 is 2.03 bits per heavy atom. The molecule has 2 aliphatic heterocycles. The number of carbonyl (C=O) groups is 1. The van der Waals surface area contributed by atoms with Crippen LogP contribution in [0.3, 0.4) is 0 Å². The molecule has 3 heterocycles. The normalized spacial score (nSPS) is 22.2. The molecular formula is C28H37ClN4O3. The molecule has 1 aromatic heterocycles. The lowest BCUT2D eigenvalue weighted by Gasteiger charge is -2.35. The van der Waals surface area contributed by atoms with E-state index in [-0.39, 0.29) is 17.5 Å². The van der Waals surface area contributed by atoms with Crippen molar-refractivity contribution in [3.05, 3.63) is 51.7 Å². The van der Waals surface area contributed by atoms with E-state index in [0.29, 0.717) is 19.8 Å². The lowest BCUT2D eigenvalue weighted by molar-refractivity contribution is 0.0930. The molecule has 1 aliphatic carbocycles. The van der Waals surface area contributed by atoms with Gasteiger partial charge in [-0.25, -0.2) is 4.79 Å². The van der Waals surface area contributed by atoms with Crippen molar-refractivity contribution in [2.24, 2.45) is 0 Å². The predicted molar refractivity (Wildman–Crippen MR) is 143 cm³/mol. The molecule has 194 valence electrons. The average Bonchev–Trinajstić information content (AvgIpc) is 3.25. The number of benzene rings is 1. The molecule has 1 fully saturated rings. The van der Waals surface area contributed by atoms with Gasteiger partial charge in [-0.1, -0.05) is 24.3 Å². The number of rotatable bonds is 7. The van der Waals surface area contributed by atoms with Crippen LogP contribution in [-0.4, -0.2) is 90.7 Å².